The van der Waals surface area contributed by atoms with E-state index in [9.17, 15) is 0 Å². The normalized spacial score (nSPS) is 22.0. The van der Waals surface area contributed by atoms with E-state index in [0.717, 1.165) is 37.8 Å². The van der Waals surface area contributed by atoms with Gasteiger partial charge in [0.25, 0.3) is 0 Å². The summed E-state index contributed by atoms with van der Waals surface area (Å²) in [5, 5.41) is 13.4. The SMILES string of the molecule is C=CCOc1ccc(CNC2CCC(CO)CC2)cc1Cl. The molecule has 0 spiro atoms. The van der Waals surface area contributed by atoms with Crippen molar-refractivity contribution in [1.82, 2.24) is 5.32 Å². The smallest absolute Gasteiger partial charge is 0.138 e. The van der Waals surface area contributed by atoms with Crippen LogP contribution in [0.25, 0.3) is 0 Å². The largest absolute Gasteiger partial charge is 0.488 e. The Morgan fingerprint density at radius 2 is 2.10 bits per heavy atom. The minimum atomic E-state index is 0.328. The Bertz CT molecular complexity index is 456. The van der Waals surface area contributed by atoms with Crippen LogP contribution in [-0.2, 0) is 6.54 Å². The minimum Gasteiger partial charge on any atom is -0.488 e. The van der Waals surface area contributed by atoms with Gasteiger partial charge in [0.15, 0.2) is 0 Å². The molecule has 21 heavy (non-hydrogen) atoms. The monoisotopic (exact) mass is 309 g/mol. The highest BCUT2D eigenvalue weighted by molar-refractivity contribution is 6.32. The second-order valence-electron chi connectivity index (χ2n) is 5.65. The molecule has 0 unspecified atom stereocenters. The van der Waals surface area contributed by atoms with E-state index in [4.69, 9.17) is 21.4 Å². The number of aliphatic hydroxyl groups is 1. The first-order valence-electron chi connectivity index (χ1n) is 7.59. The zero-order chi connectivity index (χ0) is 15.1. The molecule has 0 aliphatic heterocycles. The van der Waals surface area contributed by atoms with Crippen LogP contribution >= 0.6 is 11.6 Å². The van der Waals surface area contributed by atoms with Gasteiger partial charge in [0.1, 0.15) is 12.4 Å². The molecule has 0 aromatic heterocycles. The molecule has 0 bridgehead atoms. The van der Waals surface area contributed by atoms with Gasteiger partial charge in [-0.15, -0.1) is 0 Å². The molecule has 2 N–H and O–H groups in total. The van der Waals surface area contributed by atoms with Crippen molar-refractivity contribution >= 4 is 11.6 Å². The van der Waals surface area contributed by atoms with Crippen LogP contribution in [0.3, 0.4) is 0 Å². The number of nitrogens with one attached hydrogen (secondary N) is 1. The quantitative estimate of drug-likeness (QED) is 0.757. The van der Waals surface area contributed by atoms with E-state index >= 15 is 0 Å². The van der Waals surface area contributed by atoms with E-state index in [1.54, 1.807) is 6.08 Å². The third-order valence-electron chi connectivity index (χ3n) is 4.05. The van der Waals surface area contributed by atoms with E-state index in [0.29, 0.717) is 35.9 Å². The lowest BCUT2D eigenvalue weighted by Gasteiger charge is -2.28. The lowest BCUT2D eigenvalue weighted by atomic mass is 9.86. The molecule has 4 heteroatoms. The predicted octanol–water partition coefficient (Wildman–Crippen LogP) is 3.55. The van der Waals surface area contributed by atoms with E-state index in [1.807, 2.05) is 18.2 Å². The molecule has 116 valence electrons. The van der Waals surface area contributed by atoms with Gasteiger partial charge in [-0.25, -0.2) is 0 Å². The molecule has 2 rings (SSSR count). The molecule has 0 heterocycles. The minimum absolute atomic E-state index is 0.328. The fourth-order valence-electron chi connectivity index (χ4n) is 2.73. The summed E-state index contributed by atoms with van der Waals surface area (Å²) in [6.45, 7) is 5.23. The summed E-state index contributed by atoms with van der Waals surface area (Å²) in [6.07, 6.45) is 6.21. The standard InChI is InChI=1S/C17H24ClNO2/c1-2-9-21-17-8-5-14(10-16(17)18)11-19-15-6-3-13(12-20)4-7-15/h2,5,8,10,13,15,19-20H,1,3-4,6-7,9,11-12H2. The highest BCUT2D eigenvalue weighted by atomic mass is 35.5. The zero-order valence-electron chi connectivity index (χ0n) is 12.4. The molecule has 3 nitrogen and oxygen atoms in total. The fourth-order valence-corrected chi connectivity index (χ4v) is 2.99. The lowest BCUT2D eigenvalue weighted by molar-refractivity contribution is 0.175. The van der Waals surface area contributed by atoms with Crippen molar-refractivity contribution in [3.8, 4) is 5.75 Å². The summed E-state index contributed by atoms with van der Waals surface area (Å²) < 4.78 is 5.47. The molecule has 1 saturated carbocycles. The summed E-state index contributed by atoms with van der Waals surface area (Å²) >= 11 is 6.21. The van der Waals surface area contributed by atoms with Crippen molar-refractivity contribution < 1.29 is 9.84 Å². The van der Waals surface area contributed by atoms with Crippen molar-refractivity contribution in [3.63, 3.8) is 0 Å². The van der Waals surface area contributed by atoms with E-state index < -0.39 is 0 Å². The summed E-state index contributed by atoms with van der Waals surface area (Å²) in [4.78, 5) is 0. The molecule has 0 atom stereocenters. The average Bonchev–Trinajstić information content (AvgIpc) is 2.52. The second-order valence-corrected chi connectivity index (χ2v) is 6.05. The van der Waals surface area contributed by atoms with Crippen molar-refractivity contribution in [3.05, 3.63) is 41.4 Å². The number of aliphatic hydroxyl groups excluding tert-OH is 1. The van der Waals surface area contributed by atoms with Crippen LogP contribution in [0.15, 0.2) is 30.9 Å². The van der Waals surface area contributed by atoms with Gasteiger partial charge in [-0.3, -0.25) is 0 Å². The van der Waals surface area contributed by atoms with Gasteiger partial charge < -0.3 is 15.2 Å². The predicted molar refractivity (Wildman–Crippen MR) is 86.8 cm³/mol. The van der Waals surface area contributed by atoms with Crippen LogP contribution in [0, 0.1) is 5.92 Å². The molecule has 1 aromatic carbocycles. The van der Waals surface area contributed by atoms with Gasteiger partial charge in [0, 0.05) is 19.2 Å². The summed E-state index contributed by atoms with van der Waals surface area (Å²) in [5.74, 6) is 1.20. The Labute approximate surface area is 132 Å². The third-order valence-corrected chi connectivity index (χ3v) is 4.35. The number of ether oxygens (including phenoxy) is 1. The van der Waals surface area contributed by atoms with Crippen LogP contribution in [-0.4, -0.2) is 24.4 Å². The number of halogens is 1. The van der Waals surface area contributed by atoms with Crippen LogP contribution in [0.2, 0.25) is 5.02 Å². The highest BCUT2D eigenvalue weighted by Crippen LogP contribution is 2.26. The number of hydrogen-bond acceptors (Lipinski definition) is 3. The molecule has 0 saturated heterocycles. The van der Waals surface area contributed by atoms with E-state index in [2.05, 4.69) is 11.9 Å². The van der Waals surface area contributed by atoms with Gasteiger partial charge in [-0.05, 0) is 49.3 Å². The van der Waals surface area contributed by atoms with Crippen molar-refractivity contribution in [1.29, 1.82) is 0 Å². The van der Waals surface area contributed by atoms with Crippen LogP contribution < -0.4 is 10.1 Å². The Hall–Kier alpha value is -1.03. The third kappa shape index (κ3) is 5.03. The van der Waals surface area contributed by atoms with Gasteiger partial charge >= 0.3 is 0 Å². The number of hydrogen-bond donors (Lipinski definition) is 2. The number of benzene rings is 1. The topological polar surface area (TPSA) is 41.5 Å². The molecule has 0 radical (unpaired) electrons. The van der Waals surface area contributed by atoms with Gasteiger partial charge in [-0.2, -0.15) is 0 Å². The molecule has 1 fully saturated rings. The number of rotatable bonds is 7. The summed E-state index contributed by atoms with van der Waals surface area (Å²) in [6, 6.07) is 6.44. The first-order chi connectivity index (χ1) is 10.2. The average molecular weight is 310 g/mol. The Kier molecular flexibility index (Phi) is 6.55. The molecule has 0 amide bonds. The Morgan fingerprint density at radius 3 is 2.71 bits per heavy atom. The van der Waals surface area contributed by atoms with Gasteiger partial charge in [-0.1, -0.05) is 30.3 Å². The van der Waals surface area contributed by atoms with Gasteiger partial charge in [0.05, 0.1) is 5.02 Å². The van der Waals surface area contributed by atoms with E-state index in [1.165, 1.54) is 0 Å². The summed E-state index contributed by atoms with van der Waals surface area (Å²) in [7, 11) is 0. The molecular formula is C17H24ClNO2. The van der Waals surface area contributed by atoms with Crippen LogP contribution in [0.4, 0.5) is 0 Å². The van der Waals surface area contributed by atoms with Crippen molar-refractivity contribution in [2.24, 2.45) is 5.92 Å². The zero-order valence-corrected chi connectivity index (χ0v) is 13.1. The maximum absolute atomic E-state index is 9.15. The maximum atomic E-state index is 9.15. The first-order valence-corrected chi connectivity index (χ1v) is 7.97. The maximum Gasteiger partial charge on any atom is 0.138 e. The molecule has 1 aromatic rings. The summed E-state index contributed by atoms with van der Waals surface area (Å²) in [5.41, 5.74) is 1.16. The van der Waals surface area contributed by atoms with Crippen molar-refractivity contribution in [2.75, 3.05) is 13.2 Å². The van der Waals surface area contributed by atoms with E-state index in [-0.39, 0.29) is 0 Å². The molecule has 1 aliphatic rings. The first kappa shape index (κ1) is 16.3. The molecule has 1 aliphatic carbocycles. The van der Waals surface area contributed by atoms with Crippen LogP contribution in [0.5, 0.6) is 5.75 Å². The highest BCUT2D eigenvalue weighted by Gasteiger charge is 2.19. The molecular weight excluding hydrogens is 286 g/mol. The van der Waals surface area contributed by atoms with Crippen molar-refractivity contribution in [2.45, 2.75) is 38.3 Å². The fraction of sp³-hybridized carbons (Fsp3) is 0.529. The van der Waals surface area contributed by atoms with Gasteiger partial charge in [0.2, 0.25) is 0 Å². The Morgan fingerprint density at radius 1 is 1.33 bits per heavy atom. The van der Waals surface area contributed by atoms with Crippen LogP contribution in [0.1, 0.15) is 31.2 Å². The second kappa shape index (κ2) is 8.42. The Balaban J connectivity index is 1.81. The lowest BCUT2D eigenvalue weighted by Crippen LogP contribution is -2.33.